The molecule has 0 aromatic carbocycles. The van der Waals surface area contributed by atoms with E-state index in [0.717, 1.165) is 17.3 Å². The average molecular weight is 259 g/mol. The summed E-state index contributed by atoms with van der Waals surface area (Å²) in [5, 5.41) is 13.7. The molecule has 110 valence electrons. The summed E-state index contributed by atoms with van der Waals surface area (Å²) < 4.78 is 1.00. The molecule has 0 radical (unpaired) electrons. The van der Waals surface area contributed by atoms with Gasteiger partial charge in [-0.25, -0.2) is 0 Å². The first kappa shape index (κ1) is 17.9. The summed E-state index contributed by atoms with van der Waals surface area (Å²) in [6.07, 6.45) is 3.00. The monoisotopic (exact) mass is 259 g/mol. The number of hydrogen-bond donors (Lipinski definition) is 2. The van der Waals surface area contributed by atoms with Crippen LogP contribution in [0.2, 0.25) is 0 Å². The number of nitrogens with zero attached hydrogens (tertiary/aromatic N) is 1. The summed E-state index contributed by atoms with van der Waals surface area (Å²) in [5.74, 6) is 0.925. The summed E-state index contributed by atoms with van der Waals surface area (Å²) >= 11 is 0. The van der Waals surface area contributed by atoms with Gasteiger partial charge >= 0.3 is 0 Å². The van der Waals surface area contributed by atoms with Crippen LogP contribution in [0.1, 0.15) is 40.0 Å². The topological polar surface area (TPSA) is 32.3 Å². The maximum absolute atomic E-state index is 10.4. The minimum Gasteiger partial charge on any atom is -0.393 e. The maximum Gasteiger partial charge on any atom is 0.0780 e. The number of rotatable bonds is 9. The molecule has 0 aliphatic heterocycles. The first-order valence-electron chi connectivity index (χ1n) is 7.33. The molecule has 0 rings (SSSR count). The van der Waals surface area contributed by atoms with Gasteiger partial charge in [-0.05, 0) is 39.2 Å². The van der Waals surface area contributed by atoms with Gasteiger partial charge in [0.05, 0.1) is 33.8 Å². The summed E-state index contributed by atoms with van der Waals surface area (Å²) in [7, 11) is 8.66. The molecule has 0 saturated carbocycles. The Morgan fingerprint density at radius 3 is 2.06 bits per heavy atom. The average Bonchev–Trinajstić information content (AvgIpc) is 2.20. The van der Waals surface area contributed by atoms with Crippen LogP contribution in [0.25, 0.3) is 0 Å². The van der Waals surface area contributed by atoms with Crippen molar-refractivity contribution < 1.29 is 9.59 Å². The fraction of sp³-hybridized carbons (Fsp3) is 1.00. The molecule has 0 aliphatic carbocycles. The predicted molar refractivity (Wildman–Crippen MR) is 79.6 cm³/mol. The predicted octanol–water partition coefficient (Wildman–Crippen LogP) is 2.10. The van der Waals surface area contributed by atoms with Crippen molar-refractivity contribution >= 4 is 0 Å². The van der Waals surface area contributed by atoms with Crippen LogP contribution < -0.4 is 5.32 Å². The highest BCUT2D eigenvalue weighted by molar-refractivity contribution is 4.78. The van der Waals surface area contributed by atoms with Crippen molar-refractivity contribution in [2.24, 2.45) is 11.8 Å². The Balaban J connectivity index is 4.31. The quantitative estimate of drug-likeness (QED) is 0.622. The lowest BCUT2D eigenvalue weighted by Crippen LogP contribution is -2.40. The van der Waals surface area contributed by atoms with Gasteiger partial charge in [0.1, 0.15) is 0 Å². The largest absolute Gasteiger partial charge is 0.393 e. The van der Waals surface area contributed by atoms with E-state index in [4.69, 9.17) is 0 Å². The van der Waals surface area contributed by atoms with E-state index in [0.29, 0.717) is 17.9 Å². The summed E-state index contributed by atoms with van der Waals surface area (Å²) in [5.41, 5.74) is 0. The molecule has 3 heteroatoms. The molecule has 3 unspecified atom stereocenters. The molecule has 0 saturated heterocycles. The molecular weight excluding hydrogens is 224 g/mol. The number of quaternary nitrogens is 1. The molecule has 0 fully saturated rings. The second-order valence-electron chi connectivity index (χ2n) is 7.09. The van der Waals surface area contributed by atoms with Gasteiger partial charge < -0.3 is 14.9 Å². The van der Waals surface area contributed by atoms with E-state index < -0.39 is 0 Å². The lowest BCUT2D eigenvalue weighted by atomic mass is 9.86. The van der Waals surface area contributed by atoms with Crippen LogP contribution in [0.3, 0.4) is 0 Å². The second-order valence-corrected chi connectivity index (χ2v) is 7.09. The van der Waals surface area contributed by atoms with Gasteiger partial charge in [-0.2, -0.15) is 0 Å². The SMILES string of the molecule is CNC(C)C(CCC[N+](C)(C)C)C(O)CC(C)C. The number of aliphatic hydroxyl groups excluding tert-OH is 1. The van der Waals surface area contributed by atoms with Crippen LogP contribution in [0.4, 0.5) is 0 Å². The van der Waals surface area contributed by atoms with Crippen molar-refractivity contribution in [3.8, 4) is 0 Å². The maximum atomic E-state index is 10.4. The smallest absolute Gasteiger partial charge is 0.0780 e. The van der Waals surface area contributed by atoms with E-state index in [2.05, 4.69) is 47.2 Å². The highest BCUT2D eigenvalue weighted by atomic mass is 16.3. The van der Waals surface area contributed by atoms with Crippen molar-refractivity contribution in [3.63, 3.8) is 0 Å². The van der Waals surface area contributed by atoms with Crippen molar-refractivity contribution in [1.29, 1.82) is 0 Å². The molecule has 0 aromatic heterocycles. The molecule has 0 heterocycles. The molecule has 18 heavy (non-hydrogen) atoms. The minimum atomic E-state index is -0.181. The Kier molecular flexibility index (Phi) is 8.08. The van der Waals surface area contributed by atoms with Crippen molar-refractivity contribution in [3.05, 3.63) is 0 Å². The van der Waals surface area contributed by atoms with Gasteiger partial charge in [-0.3, -0.25) is 0 Å². The molecule has 0 aromatic rings. The Morgan fingerprint density at radius 2 is 1.67 bits per heavy atom. The van der Waals surface area contributed by atoms with Crippen LogP contribution >= 0.6 is 0 Å². The van der Waals surface area contributed by atoms with Gasteiger partial charge in [0.2, 0.25) is 0 Å². The zero-order valence-electron chi connectivity index (χ0n) is 13.5. The molecule has 0 bridgehead atoms. The zero-order valence-corrected chi connectivity index (χ0v) is 13.5. The van der Waals surface area contributed by atoms with Crippen LogP contribution in [0.5, 0.6) is 0 Å². The van der Waals surface area contributed by atoms with Gasteiger partial charge in [-0.15, -0.1) is 0 Å². The fourth-order valence-corrected chi connectivity index (χ4v) is 2.45. The second kappa shape index (κ2) is 8.13. The van der Waals surface area contributed by atoms with E-state index >= 15 is 0 Å². The molecular formula is C15H35N2O+. The zero-order chi connectivity index (χ0) is 14.3. The number of nitrogens with one attached hydrogen (secondary N) is 1. The van der Waals surface area contributed by atoms with Crippen LogP contribution in [0.15, 0.2) is 0 Å². The third-order valence-corrected chi connectivity index (χ3v) is 3.67. The summed E-state index contributed by atoms with van der Waals surface area (Å²) in [4.78, 5) is 0. The molecule has 3 atom stereocenters. The number of hydrogen-bond acceptors (Lipinski definition) is 2. The third-order valence-electron chi connectivity index (χ3n) is 3.67. The molecule has 0 spiro atoms. The molecule has 0 aliphatic rings. The van der Waals surface area contributed by atoms with E-state index in [1.807, 2.05) is 7.05 Å². The van der Waals surface area contributed by atoms with Gasteiger partial charge in [0, 0.05) is 12.0 Å². The molecule has 3 nitrogen and oxygen atoms in total. The highest BCUT2D eigenvalue weighted by Gasteiger charge is 2.25. The van der Waals surface area contributed by atoms with E-state index in [-0.39, 0.29) is 6.10 Å². The van der Waals surface area contributed by atoms with Crippen LogP contribution in [-0.2, 0) is 0 Å². The van der Waals surface area contributed by atoms with Gasteiger partial charge in [-0.1, -0.05) is 13.8 Å². The van der Waals surface area contributed by atoms with E-state index in [9.17, 15) is 5.11 Å². The third kappa shape index (κ3) is 8.06. The minimum absolute atomic E-state index is 0.181. The molecule has 0 amide bonds. The Morgan fingerprint density at radius 1 is 1.11 bits per heavy atom. The highest BCUT2D eigenvalue weighted by Crippen LogP contribution is 2.22. The number of aliphatic hydroxyl groups is 1. The lowest BCUT2D eigenvalue weighted by molar-refractivity contribution is -0.870. The van der Waals surface area contributed by atoms with Crippen LogP contribution in [-0.4, -0.2) is 56.5 Å². The van der Waals surface area contributed by atoms with E-state index in [1.165, 1.54) is 13.0 Å². The van der Waals surface area contributed by atoms with Crippen molar-refractivity contribution in [2.75, 3.05) is 34.7 Å². The van der Waals surface area contributed by atoms with E-state index in [1.54, 1.807) is 0 Å². The van der Waals surface area contributed by atoms with Crippen LogP contribution in [0, 0.1) is 11.8 Å². The standard InChI is InChI=1S/C15H35N2O/c1-12(2)11-15(18)14(13(3)16-4)9-8-10-17(5,6)7/h12-16,18H,8-11H2,1-7H3/q+1. The van der Waals surface area contributed by atoms with Gasteiger partial charge in [0.15, 0.2) is 0 Å². The Bertz CT molecular complexity index is 211. The first-order chi connectivity index (χ1) is 8.17. The first-order valence-corrected chi connectivity index (χ1v) is 7.33. The van der Waals surface area contributed by atoms with Gasteiger partial charge in [0.25, 0.3) is 0 Å². The normalized spacial score (nSPS) is 17.8. The Labute approximate surface area is 114 Å². The molecule has 2 N–H and O–H groups in total. The fourth-order valence-electron chi connectivity index (χ4n) is 2.45. The summed E-state index contributed by atoms with van der Waals surface area (Å²) in [6, 6.07) is 0.381. The lowest BCUT2D eigenvalue weighted by Gasteiger charge is -2.31. The summed E-state index contributed by atoms with van der Waals surface area (Å²) in [6.45, 7) is 7.70. The van der Waals surface area contributed by atoms with Crippen molar-refractivity contribution in [1.82, 2.24) is 5.32 Å². The Hall–Kier alpha value is -0.120. The van der Waals surface area contributed by atoms with Crippen molar-refractivity contribution in [2.45, 2.75) is 52.2 Å².